The number of aromatic carboxylic acids is 1. The maximum absolute atomic E-state index is 12.1. The van der Waals surface area contributed by atoms with Gasteiger partial charge in [-0.25, -0.2) is 4.79 Å². The lowest BCUT2D eigenvalue weighted by atomic mass is 10.2. The zero-order valence-electron chi connectivity index (χ0n) is 10.6. The molecule has 0 fully saturated rings. The number of hydrogen-bond acceptors (Lipinski definition) is 4. The fraction of sp³-hybridized carbons (Fsp3) is 0.0714. The molecular formula is C14H12O5S. The van der Waals surface area contributed by atoms with Gasteiger partial charge in [0.1, 0.15) is 10.5 Å². The van der Waals surface area contributed by atoms with Crippen LogP contribution in [0.2, 0.25) is 0 Å². The molecule has 0 aromatic heterocycles. The first kappa shape index (κ1) is 14.1. The second kappa shape index (κ2) is 5.34. The molecular weight excluding hydrogens is 280 g/mol. The van der Waals surface area contributed by atoms with Crippen molar-refractivity contribution in [3.63, 3.8) is 0 Å². The highest BCUT2D eigenvalue weighted by Crippen LogP contribution is 2.23. The predicted octanol–water partition coefficient (Wildman–Crippen LogP) is 2.46. The number of rotatable bonds is 4. The van der Waals surface area contributed by atoms with Crippen molar-refractivity contribution in [2.75, 3.05) is 0 Å². The van der Waals surface area contributed by atoms with E-state index < -0.39 is 16.1 Å². The number of carboxylic acid groups (broad SMARTS) is 1. The van der Waals surface area contributed by atoms with Crippen LogP contribution in [0.3, 0.4) is 0 Å². The number of benzene rings is 2. The van der Waals surface area contributed by atoms with Crippen molar-refractivity contribution in [2.45, 2.75) is 11.8 Å². The third-order valence-corrected chi connectivity index (χ3v) is 3.88. The van der Waals surface area contributed by atoms with Gasteiger partial charge >= 0.3 is 16.1 Å². The molecule has 20 heavy (non-hydrogen) atoms. The lowest BCUT2D eigenvalue weighted by Gasteiger charge is -2.09. The van der Waals surface area contributed by atoms with Crippen LogP contribution < -0.4 is 4.18 Å². The first-order chi connectivity index (χ1) is 9.40. The molecule has 2 rings (SSSR count). The molecule has 104 valence electrons. The van der Waals surface area contributed by atoms with E-state index in [1.54, 1.807) is 12.1 Å². The normalized spacial score (nSPS) is 11.1. The maximum Gasteiger partial charge on any atom is 0.339 e. The van der Waals surface area contributed by atoms with Gasteiger partial charge in [0.2, 0.25) is 0 Å². The van der Waals surface area contributed by atoms with Crippen LogP contribution in [0.1, 0.15) is 15.9 Å². The Morgan fingerprint density at radius 1 is 1.05 bits per heavy atom. The van der Waals surface area contributed by atoms with Gasteiger partial charge in [0.05, 0.1) is 0 Å². The molecule has 0 spiro atoms. The van der Waals surface area contributed by atoms with E-state index in [4.69, 9.17) is 9.29 Å². The highest BCUT2D eigenvalue weighted by molar-refractivity contribution is 7.87. The van der Waals surface area contributed by atoms with Gasteiger partial charge in [-0.2, -0.15) is 8.42 Å². The minimum Gasteiger partial charge on any atom is -0.478 e. The van der Waals surface area contributed by atoms with Gasteiger partial charge in [0, 0.05) is 0 Å². The summed E-state index contributed by atoms with van der Waals surface area (Å²) in [6, 6.07) is 11.7. The van der Waals surface area contributed by atoms with Gasteiger partial charge in [-0.05, 0) is 31.2 Å². The number of hydrogen-bond donors (Lipinski definition) is 1. The zero-order valence-corrected chi connectivity index (χ0v) is 11.4. The lowest BCUT2D eigenvalue weighted by molar-refractivity contribution is 0.0695. The predicted molar refractivity (Wildman–Crippen MR) is 72.4 cm³/mol. The number of para-hydroxylation sites is 1. The highest BCUT2D eigenvalue weighted by Gasteiger charge is 2.20. The fourth-order valence-corrected chi connectivity index (χ4v) is 2.53. The molecule has 0 radical (unpaired) electrons. The van der Waals surface area contributed by atoms with Crippen LogP contribution in [0.5, 0.6) is 5.75 Å². The Morgan fingerprint density at radius 2 is 1.65 bits per heavy atom. The molecule has 0 amide bonds. The summed E-state index contributed by atoms with van der Waals surface area (Å²) in [6.07, 6.45) is 0. The molecule has 0 aliphatic rings. The van der Waals surface area contributed by atoms with Crippen molar-refractivity contribution < 1.29 is 22.5 Å². The Morgan fingerprint density at radius 3 is 2.25 bits per heavy atom. The van der Waals surface area contributed by atoms with Crippen molar-refractivity contribution in [3.8, 4) is 5.75 Å². The van der Waals surface area contributed by atoms with Crippen LogP contribution in [0, 0.1) is 6.92 Å². The van der Waals surface area contributed by atoms with Gasteiger partial charge < -0.3 is 9.29 Å². The van der Waals surface area contributed by atoms with Gasteiger partial charge in [0.15, 0.2) is 5.75 Å². The Kier molecular flexibility index (Phi) is 3.76. The largest absolute Gasteiger partial charge is 0.478 e. The van der Waals surface area contributed by atoms with Crippen molar-refractivity contribution in [3.05, 3.63) is 59.7 Å². The standard InChI is InChI=1S/C14H12O5S/c1-10-6-8-11(9-7-10)20(17,18)19-13-5-3-2-4-12(13)14(15)16/h2-9H,1H3,(H,15,16). The maximum atomic E-state index is 12.1. The van der Waals surface area contributed by atoms with E-state index in [9.17, 15) is 13.2 Å². The molecule has 5 nitrogen and oxygen atoms in total. The second-order valence-electron chi connectivity index (χ2n) is 4.15. The Balaban J connectivity index is 2.38. The smallest absolute Gasteiger partial charge is 0.339 e. The molecule has 0 unspecified atom stereocenters. The van der Waals surface area contributed by atoms with E-state index in [-0.39, 0.29) is 16.2 Å². The third-order valence-electron chi connectivity index (χ3n) is 2.63. The monoisotopic (exact) mass is 292 g/mol. The summed E-state index contributed by atoms with van der Waals surface area (Å²) in [6.45, 7) is 1.83. The molecule has 6 heteroatoms. The van der Waals surface area contributed by atoms with Gasteiger partial charge in [0.25, 0.3) is 0 Å². The molecule has 0 saturated heterocycles. The first-order valence-corrected chi connectivity index (χ1v) is 7.14. The summed E-state index contributed by atoms with van der Waals surface area (Å²) >= 11 is 0. The van der Waals surface area contributed by atoms with E-state index in [2.05, 4.69) is 0 Å². The summed E-state index contributed by atoms with van der Waals surface area (Å²) in [4.78, 5) is 11.0. The van der Waals surface area contributed by atoms with Crippen LogP contribution >= 0.6 is 0 Å². The summed E-state index contributed by atoms with van der Waals surface area (Å²) in [5, 5.41) is 8.99. The molecule has 0 aliphatic heterocycles. The van der Waals surface area contributed by atoms with Crippen molar-refractivity contribution in [1.29, 1.82) is 0 Å². The quantitative estimate of drug-likeness (QED) is 0.875. The molecule has 0 atom stereocenters. The number of carbonyl (C=O) groups is 1. The van der Waals surface area contributed by atoms with Gasteiger partial charge in [-0.3, -0.25) is 0 Å². The van der Waals surface area contributed by atoms with Gasteiger partial charge in [-0.1, -0.05) is 29.8 Å². The van der Waals surface area contributed by atoms with Crippen LogP contribution in [0.4, 0.5) is 0 Å². The average Bonchev–Trinajstić information content (AvgIpc) is 2.39. The minimum atomic E-state index is -4.05. The number of carboxylic acids is 1. The third kappa shape index (κ3) is 2.97. The topological polar surface area (TPSA) is 80.7 Å². The lowest BCUT2D eigenvalue weighted by Crippen LogP contribution is -2.12. The van der Waals surface area contributed by atoms with Crippen LogP contribution in [0.15, 0.2) is 53.4 Å². The van der Waals surface area contributed by atoms with Gasteiger partial charge in [-0.15, -0.1) is 0 Å². The van der Waals surface area contributed by atoms with E-state index in [1.165, 1.54) is 36.4 Å². The van der Waals surface area contributed by atoms with E-state index in [1.807, 2.05) is 6.92 Å². The molecule has 0 heterocycles. The first-order valence-electron chi connectivity index (χ1n) is 5.73. The Hall–Kier alpha value is -2.34. The van der Waals surface area contributed by atoms with E-state index in [0.717, 1.165) is 5.56 Å². The summed E-state index contributed by atoms with van der Waals surface area (Å²) < 4.78 is 29.1. The van der Waals surface area contributed by atoms with Crippen LogP contribution in [0.25, 0.3) is 0 Å². The molecule has 0 saturated carbocycles. The Labute approximate surface area is 116 Å². The van der Waals surface area contributed by atoms with E-state index in [0.29, 0.717) is 0 Å². The zero-order chi connectivity index (χ0) is 14.8. The average molecular weight is 292 g/mol. The van der Waals surface area contributed by atoms with Crippen molar-refractivity contribution in [1.82, 2.24) is 0 Å². The highest BCUT2D eigenvalue weighted by atomic mass is 32.2. The molecule has 0 bridgehead atoms. The van der Waals surface area contributed by atoms with E-state index >= 15 is 0 Å². The minimum absolute atomic E-state index is 0.0247. The SMILES string of the molecule is Cc1ccc(S(=O)(=O)Oc2ccccc2C(=O)O)cc1. The fourth-order valence-electron chi connectivity index (χ4n) is 1.59. The number of aryl methyl sites for hydroxylation is 1. The second-order valence-corrected chi connectivity index (χ2v) is 5.70. The summed E-state index contributed by atoms with van der Waals surface area (Å²) in [7, 11) is -4.05. The molecule has 0 aliphatic carbocycles. The summed E-state index contributed by atoms with van der Waals surface area (Å²) in [5.41, 5.74) is 0.707. The molecule has 1 N–H and O–H groups in total. The van der Waals surface area contributed by atoms with Crippen molar-refractivity contribution >= 4 is 16.1 Å². The van der Waals surface area contributed by atoms with Crippen LogP contribution in [-0.2, 0) is 10.1 Å². The van der Waals surface area contributed by atoms with Crippen molar-refractivity contribution in [2.24, 2.45) is 0 Å². The summed E-state index contributed by atoms with van der Waals surface area (Å²) in [5.74, 6) is -1.46. The molecule has 2 aromatic carbocycles. The molecule has 2 aromatic rings. The van der Waals surface area contributed by atoms with Crippen LogP contribution in [-0.4, -0.2) is 19.5 Å². The Bertz CT molecular complexity index is 732.